The van der Waals surface area contributed by atoms with Crippen LogP contribution < -0.4 is 9.47 Å². The molecule has 0 bridgehead atoms. The summed E-state index contributed by atoms with van der Waals surface area (Å²) < 4.78 is 10.4. The fourth-order valence-electron chi connectivity index (χ4n) is 4.43. The molecule has 1 N–H and O–H groups in total. The zero-order valence-corrected chi connectivity index (χ0v) is 17.1. The minimum absolute atomic E-state index is 0.00489. The molecule has 1 unspecified atom stereocenters. The highest BCUT2D eigenvalue weighted by molar-refractivity contribution is 6.46. The maximum atomic E-state index is 13.1. The van der Waals surface area contributed by atoms with E-state index in [9.17, 15) is 14.7 Å². The fourth-order valence-corrected chi connectivity index (χ4v) is 4.43. The van der Waals surface area contributed by atoms with Gasteiger partial charge in [-0.3, -0.25) is 9.59 Å². The van der Waals surface area contributed by atoms with Crippen molar-refractivity contribution in [2.45, 2.75) is 37.8 Å². The summed E-state index contributed by atoms with van der Waals surface area (Å²) in [6, 6.07) is 13.5. The van der Waals surface area contributed by atoms with Gasteiger partial charge in [-0.1, -0.05) is 25.0 Å². The van der Waals surface area contributed by atoms with Gasteiger partial charge in [0.2, 0.25) is 0 Å². The van der Waals surface area contributed by atoms with E-state index in [0.717, 1.165) is 31.2 Å². The number of nitrogens with zero attached hydrogens (tertiary/aromatic N) is 1. The number of amides is 1. The Morgan fingerprint density at radius 3 is 1.97 bits per heavy atom. The van der Waals surface area contributed by atoms with Crippen LogP contribution in [0.2, 0.25) is 0 Å². The molecule has 1 heterocycles. The lowest BCUT2D eigenvalue weighted by Crippen LogP contribution is -2.37. The van der Waals surface area contributed by atoms with E-state index in [1.807, 2.05) is 12.1 Å². The highest BCUT2D eigenvalue weighted by Crippen LogP contribution is 2.43. The lowest BCUT2D eigenvalue weighted by atomic mass is 9.94. The summed E-state index contributed by atoms with van der Waals surface area (Å²) >= 11 is 0. The van der Waals surface area contributed by atoms with Crippen molar-refractivity contribution < 1.29 is 24.2 Å². The minimum Gasteiger partial charge on any atom is -0.507 e. The zero-order chi connectivity index (χ0) is 21.3. The molecular weight excluding hydrogens is 382 g/mol. The molecule has 1 saturated carbocycles. The molecule has 1 saturated heterocycles. The summed E-state index contributed by atoms with van der Waals surface area (Å²) in [5.41, 5.74) is 1.37. The quantitative estimate of drug-likeness (QED) is 0.459. The molecule has 0 radical (unpaired) electrons. The molecule has 30 heavy (non-hydrogen) atoms. The van der Waals surface area contributed by atoms with Crippen LogP contribution in [-0.2, 0) is 9.59 Å². The van der Waals surface area contributed by atoms with Crippen molar-refractivity contribution in [2.75, 3.05) is 14.2 Å². The van der Waals surface area contributed by atoms with Gasteiger partial charge in [0.25, 0.3) is 11.7 Å². The van der Waals surface area contributed by atoms with Gasteiger partial charge >= 0.3 is 0 Å². The number of carbonyl (C=O) groups is 2. The van der Waals surface area contributed by atoms with Crippen LogP contribution >= 0.6 is 0 Å². The Balaban J connectivity index is 1.84. The van der Waals surface area contributed by atoms with Gasteiger partial charge in [0.05, 0.1) is 25.8 Å². The molecule has 2 fully saturated rings. The number of carbonyl (C=O) groups excluding carboxylic acids is 2. The number of likely N-dealkylation sites (tertiary alicyclic amines) is 1. The first kappa shape index (κ1) is 20.0. The number of ketones is 1. The maximum absolute atomic E-state index is 13.1. The monoisotopic (exact) mass is 407 g/mol. The maximum Gasteiger partial charge on any atom is 0.295 e. The summed E-state index contributed by atoms with van der Waals surface area (Å²) in [4.78, 5) is 27.8. The molecule has 2 aliphatic rings. The Morgan fingerprint density at radius 2 is 1.43 bits per heavy atom. The van der Waals surface area contributed by atoms with Gasteiger partial charge in [0.15, 0.2) is 0 Å². The lowest BCUT2D eigenvalue weighted by Gasteiger charge is -2.30. The van der Waals surface area contributed by atoms with Crippen LogP contribution in [-0.4, -0.2) is 42.0 Å². The van der Waals surface area contributed by atoms with Gasteiger partial charge in [0, 0.05) is 11.6 Å². The van der Waals surface area contributed by atoms with Crippen molar-refractivity contribution >= 4 is 17.4 Å². The number of aliphatic hydroxyl groups is 1. The third-order valence-electron chi connectivity index (χ3n) is 5.99. The number of hydrogen-bond acceptors (Lipinski definition) is 5. The summed E-state index contributed by atoms with van der Waals surface area (Å²) in [5.74, 6) is -0.0254. The summed E-state index contributed by atoms with van der Waals surface area (Å²) in [7, 11) is 3.15. The van der Waals surface area contributed by atoms with E-state index in [0.29, 0.717) is 17.1 Å². The molecule has 6 nitrogen and oxygen atoms in total. The van der Waals surface area contributed by atoms with E-state index >= 15 is 0 Å². The molecule has 2 aromatic carbocycles. The van der Waals surface area contributed by atoms with Gasteiger partial charge in [0.1, 0.15) is 17.3 Å². The van der Waals surface area contributed by atoms with Crippen molar-refractivity contribution in [2.24, 2.45) is 0 Å². The summed E-state index contributed by atoms with van der Waals surface area (Å²) in [6.07, 6.45) is 3.79. The van der Waals surface area contributed by atoms with Crippen molar-refractivity contribution in [3.05, 3.63) is 65.2 Å². The van der Waals surface area contributed by atoms with Crippen LogP contribution in [0.15, 0.2) is 54.1 Å². The first-order valence-electron chi connectivity index (χ1n) is 10.1. The second kappa shape index (κ2) is 8.22. The first-order chi connectivity index (χ1) is 14.5. The number of methoxy groups -OCH3 is 2. The van der Waals surface area contributed by atoms with Crippen molar-refractivity contribution in [3.63, 3.8) is 0 Å². The molecule has 1 atom stereocenters. The zero-order valence-electron chi connectivity index (χ0n) is 17.1. The largest absolute Gasteiger partial charge is 0.507 e. The Morgan fingerprint density at radius 1 is 0.900 bits per heavy atom. The molecule has 1 amide bonds. The molecule has 2 aromatic rings. The number of benzene rings is 2. The second-order valence-corrected chi connectivity index (χ2v) is 7.65. The predicted octanol–water partition coefficient (Wildman–Crippen LogP) is 4.07. The number of rotatable bonds is 5. The SMILES string of the molecule is COc1ccc(/C(O)=C2/C(=O)C(=O)N(C3CCCC3)C2c2ccc(OC)cc2)cc1. The third-order valence-corrected chi connectivity index (χ3v) is 5.99. The smallest absolute Gasteiger partial charge is 0.295 e. The Kier molecular flexibility index (Phi) is 5.48. The van der Waals surface area contributed by atoms with Crippen molar-refractivity contribution in [1.29, 1.82) is 0 Å². The third kappa shape index (κ3) is 3.43. The molecule has 1 aliphatic heterocycles. The molecular formula is C24H25NO5. The molecule has 1 aliphatic carbocycles. The van der Waals surface area contributed by atoms with E-state index in [-0.39, 0.29) is 17.4 Å². The van der Waals surface area contributed by atoms with Gasteiger partial charge in [-0.05, 0) is 54.8 Å². The average Bonchev–Trinajstić information content (AvgIpc) is 3.40. The molecule has 0 aromatic heterocycles. The standard InChI is InChI=1S/C24H25NO5/c1-29-18-11-7-15(8-12-18)21-20(22(26)16-9-13-19(30-2)14-10-16)23(27)24(28)25(21)17-5-3-4-6-17/h7-14,17,21,26H,3-6H2,1-2H3/b22-20-. The van der Waals surface area contributed by atoms with Gasteiger partial charge in [-0.15, -0.1) is 0 Å². The van der Waals surface area contributed by atoms with E-state index in [1.54, 1.807) is 55.5 Å². The first-order valence-corrected chi connectivity index (χ1v) is 10.1. The Hall–Kier alpha value is -3.28. The summed E-state index contributed by atoms with van der Waals surface area (Å²) in [6.45, 7) is 0. The molecule has 4 rings (SSSR count). The fraction of sp³-hybridized carbons (Fsp3) is 0.333. The lowest BCUT2D eigenvalue weighted by molar-refractivity contribution is -0.141. The van der Waals surface area contributed by atoms with Crippen LogP contribution in [0, 0.1) is 0 Å². The Bertz CT molecular complexity index is 972. The van der Waals surface area contributed by atoms with Gasteiger partial charge < -0.3 is 19.5 Å². The van der Waals surface area contributed by atoms with E-state index in [1.165, 1.54) is 0 Å². The average molecular weight is 407 g/mol. The number of ether oxygens (including phenoxy) is 2. The second-order valence-electron chi connectivity index (χ2n) is 7.65. The van der Waals surface area contributed by atoms with Crippen molar-refractivity contribution in [1.82, 2.24) is 4.90 Å². The van der Waals surface area contributed by atoms with Crippen LogP contribution in [0.5, 0.6) is 11.5 Å². The highest BCUT2D eigenvalue weighted by Gasteiger charge is 2.49. The molecule has 0 spiro atoms. The van der Waals surface area contributed by atoms with Crippen LogP contribution in [0.1, 0.15) is 42.9 Å². The van der Waals surface area contributed by atoms with Gasteiger partial charge in [-0.25, -0.2) is 0 Å². The van der Waals surface area contributed by atoms with Gasteiger partial charge in [-0.2, -0.15) is 0 Å². The van der Waals surface area contributed by atoms with E-state index in [4.69, 9.17) is 9.47 Å². The molecule has 6 heteroatoms. The van der Waals surface area contributed by atoms with Crippen LogP contribution in [0.25, 0.3) is 5.76 Å². The molecule has 156 valence electrons. The predicted molar refractivity (Wildman–Crippen MR) is 112 cm³/mol. The number of aliphatic hydroxyl groups excluding tert-OH is 1. The number of Topliss-reactive ketones (excluding diaryl/α,β-unsaturated/α-hetero) is 1. The topological polar surface area (TPSA) is 76.1 Å². The van der Waals surface area contributed by atoms with Crippen LogP contribution in [0.4, 0.5) is 0 Å². The Labute approximate surface area is 175 Å². The van der Waals surface area contributed by atoms with E-state index < -0.39 is 17.7 Å². The van der Waals surface area contributed by atoms with Crippen LogP contribution in [0.3, 0.4) is 0 Å². The van der Waals surface area contributed by atoms with Crippen molar-refractivity contribution in [3.8, 4) is 11.5 Å². The normalized spacial score (nSPS) is 21.3. The minimum atomic E-state index is -0.643. The summed E-state index contributed by atoms with van der Waals surface area (Å²) in [5, 5.41) is 11.1. The highest BCUT2D eigenvalue weighted by atomic mass is 16.5. The van der Waals surface area contributed by atoms with E-state index in [2.05, 4.69) is 0 Å². The number of hydrogen-bond donors (Lipinski definition) is 1.